The van der Waals surface area contributed by atoms with Crippen LogP contribution in [0.25, 0.3) is 0 Å². The van der Waals surface area contributed by atoms with E-state index in [4.69, 9.17) is 16.1 Å². The largest absolute Gasteiger partial charge is 0.481 e. The Balaban J connectivity index is 2.92. The molecule has 0 fully saturated rings. The van der Waals surface area contributed by atoms with Crippen LogP contribution in [-0.2, 0) is 4.79 Å². The first-order valence-electron chi connectivity index (χ1n) is 4.29. The van der Waals surface area contributed by atoms with Crippen molar-refractivity contribution >= 4 is 11.8 Å². The molecule has 0 aliphatic rings. The number of nitriles is 1. The fourth-order valence-electron chi connectivity index (χ4n) is 1.18. The Morgan fingerprint density at radius 1 is 1.62 bits per heavy atom. The fourth-order valence-corrected chi connectivity index (χ4v) is 1.18. The predicted molar refractivity (Wildman–Crippen MR) is 50.9 cm³/mol. The van der Waals surface area contributed by atoms with Crippen molar-refractivity contribution in [3.8, 4) is 6.07 Å². The number of aromatic amines is 1. The standard InChI is InChI=1S/C8H10N4O4/c9-2-3-6(11-12-8(3)10)7(16)4(13)1-5(14)15/h4,7,13,16H,1H2,(H,14,15)(H3,10,11,12). The summed E-state index contributed by atoms with van der Waals surface area (Å²) in [6.07, 6.45) is -3.73. The molecule has 1 rings (SSSR count). The average molecular weight is 226 g/mol. The summed E-state index contributed by atoms with van der Waals surface area (Å²) in [5, 5.41) is 41.8. The lowest BCUT2D eigenvalue weighted by atomic mass is 10.0. The lowest BCUT2D eigenvalue weighted by Gasteiger charge is -2.14. The molecule has 1 aromatic heterocycles. The van der Waals surface area contributed by atoms with Crippen molar-refractivity contribution in [2.45, 2.75) is 18.6 Å². The fraction of sp³-hybridized carbons (Fsp3) is 0.375. The highest BCUT2D eigenvalue weighted by Crippen LogP contribution is 2.23. The molecule has 6 N–H and O–H groups in total. The Kier molecular flexibility index (Phi) is 3.44. The molecule has 86 valence electrons. The molecule has 8 nitrogen and oxygen atoms in total. The number of aliphatic carboxylic acids is 1. The SMILES string of the molecule is N#Cc1c(N)n[nH]c1C(O)C(O)CC(=O)O. The molecular formula is C8H10N4O4. The molecule has 16 heavy (non-hydrogen) atoms. The third-order valence-corrected chi connectivity index (χ3v) is 1.98. The van der Waals surface area contributed by atoms with Crippen LogP contribution in [0.2, 0.25) is 0 Å². The third kappa shape index (κ3) is 2.28. The molecule has 8 heteroatoms. The van der Waals surface area contributed by atoms with Gasteiger partial charge < -0.3 is 21.1 Å². The number of nitrogens with one attached hydrogen (secondary N) is 1. The summed E-state index contributed by atoms with van der Waals surface area (Å²) in [7, 11) is 0. The molecule has 0 aromatic carbocycles. The Morgan fingerprint density at radius 3 is 2.75 bits per heavy atom. The smallest absolute Gasteiger partial charge is 0.306 e. The van der Waals surface area contributed by atoms with Gasteiger partial charge in [-0.05, 0) is 0 Å². The number of hydrogen-bond donors (Lipinski definition) is 5. The second-order valence-corrected chi connectivity index (χ2v) is 3.12. The molecule has 0 saturated carbocycles. The summed E-state index contributed by atoms with van der Waals surface area (Å²) < 4.78 is 0. The van der Waals surface area contributed by atoms with Gasteiger partial charge in [0.2, 0.25) is 0 Å². The highest BCUT2D eigenvalue weighted by atomic mass is 16.4. The third-order valence-electron chi connectivity index (χ3n) is 1.98. The van der Waals surface area contributed by atoms with Crippen LogP contribution in [0.1, 0.15) is 23.8 Å². The van der Waals surface area contributed by atoms with Gasteiger partial charge in [0, 0.05) is 0 Å². The van der Waals surface area contributed by atoms with Crippen LogP contribution in [0.5, 0.6) is 0 Å². The molecule has 0 amide bonds. The van der Waals surface area contributed by atoms with Gasteiger partial charge in [-0.15, -0.1) is 0 Å². The molecule has 1 aromatic rings. The zero-order chi connectivity index (χ0) is 12.3. The van der Waals surface area contributed by atoms with Crippen molar-refractivity contribution in [2.24, 2.45) is 0 Å². The Morgan fingerprint density at radius 2 is 2.25 bits per heavy atom. The van der Waals surface area contributed by atoms with Crippen LogP contribution in [-0.4, -0.2) is 37.6 Å². The number of carbonyl (C=O) groups is 1. The van der Waals surface area contributed by atoms with E-state index in [9.17, 15) is 15.0 Å². The van der Waals surface area contributed by atoms with Gasteiger partial charge in [0.25, 0.3) is 0 Å². The summed E-state index contributed by atoms with van der Waals surface area (Å²) in [4.78, 5) is 10.3. The molecular weight excluding hydrogens is 216 g/mol. The van der Waals surface area contributed by atoms with E-state index < -0.39 is 24.6 Å². The van der Waals surface area contributed by atoms with Gasteiger partial charge in [0.05, 0.1) is 18.2 Å². The number of nitrogen functional groups attached to an aromatic ring is 1. The number of aliphatic hydroxyl groups excluding tert-OH is 2. The number of nitrogens with two attached hydrogens (primary N) is 1. The zero-order valence-electron chi connectivity index (χ0n) is 8.08. The zero-order valence-corrected chi connectivity index (χ0v) is 8.08. The topological polar surface area (TPSA) is 156 Å². The normalized spacial score (nSPS) is 14.1. The van der Waals surface area contributed by atoms with Gasteiger partial charge in [-0.25, -0.2) is 0 Å². The Bertz CT molecular complexity index is 436. The minimum Gasteiger partial charge on any atom is -0.481 e. The predicted octanol–water partition coefficient (Wildman–Crippen LogP) is -1.27. The molecule has 0 bridgehead atoms. The van der Waals surface area contributed by atoms with Gasteiger partial charge in [-0.1, -0.05) is 0 Å². The number of nitrogens with zero attached hydrogens (tertiary/aromatic N) is 2. The van der Waals surface area contributed by atoms with E-state index in [1.165, 1.54) is 0 Å². The number of carboxylic acids is 1. The average Bonchev–Trinajstić information content (AvgIpc) is 2.57. The first-order valence-corrected chi connectivity index (χ1v) is 4.29. The Labute approximate surface area is 89.9 Å². The monoisotopic (exact) mass is 226 g/mol. The van der Waals surface area contributed by atoms with Gasteiger partial charge >= 0.3 is 5.97 Å². The first-order chi connectivity index (χ1) is 7.47. The number of anilines is 1. The van der Waals surface area contributed by atoms with Crippen molar-refractivity contribution < 1.29 is 20.1 Å². The second-order valence-electron chi connectivity index (χ2n) is 3.12. The Hall–Kier alpha value is -2.11. The molecule has 0 aliphatic carbocycles. The molecule has 0 spiro atoms. The maximum atomic E-state index is 10.3. The highest BCUT2D eigenvalue weighted by molar-refractivity contribution is 5.67. The van der Waals surface area contributed by atoms with Crippen LogP contribution in [0.15, 0.2) is 0 Å². The molecule has 2 atom stereocenters. The van der Waals surface area contributed by atoms with Crippen LogP contribution < -0.4 is 5.73 Å². The lowest BCUT2D eigenvalue weighted by molar-refractivity contribution is -0.141. The van der Waals surface area contributed by atoms with Crippen LogP contribution in [0.4, 0.5) is 5.82 Å². The highest BCUT2D eigenvalue weighted by Gasteiger charge is 2.26. The minimum atomic E-state index is -1.55. The second kappa shape index (κ2) is 4.61. The lowest BCUT2D eigenvalue weighted by Crippen LogP contribution is -2.22. The van der Waals surface area contributed by atoms with Crippen molar-refractivity contribution in [3.05, 3.63) is 11.3 Å². The minimum absolute atomic E-state index is 0.0891. The first kappa shape index (κ1) is 12.0. The van der Waals surface area contributed by atoms with Crippen molar-refractivity contribution in [1.82, 2.24) is 10.2 Å². The summed E-state index contributed by atoms with van der Waals surface area (Å²) in [6, 6.07) is 1.70. The summed E-state index contributed by atoms with van der Waals surface area (Å²) in [5.41, 5.74) is 5.13. The molecule has 0 aliphatic heterocycles. The van der Waals surface area contributed by atoms with Crippen LogP contribution in [0, 0.1) is 11.3 Å². The van der Waals surface area contributed by atoms with Gasteiger partial charge in [0.1, 0.15) is 17.7 Å². The number of H-pyrrole nitrogens is 1. The van der Waals surface area contributed by atoms with Crippen LogP contribution in [0.3, 0.4) is 0 Å². The summed E-state index contributed by atoms with van der Waals surface area (Å²) in [5.74, 6) is -1.38. The van der Waals surface area contributed by atoms with Gasteiger partial charge in [-0.3, -0.25) is 9.89 Å². The van der Waals surface area contributed by atoms with Crippen molar-refractivity contribution in [1.29, 1.82) is 5.26 Å². The number of carboxylic acid groups (broad SMARTS) is 1. The summed E-state index contributed by atoms with van der Waals surface area (Å²) in [6.45, 7) is 0. The number of aliphatic hydroxyl groups is 2. The maximum Gasteiger partial charge on any atom is 0.306 e. The van der Waals surface area contributed by atoms with E-state index in [0.29, 0.717) is 0 Å². The van der Waals surface area contributed by atoms with Gasteiger partial charge in [0.15, 0.2) is 5.82 Å². The van der Waals surface area contributed by atoms with E-state index in [1.54, 1.807) is 6.07 Å². The quantitative estimate of drug-likeness (QED) is 0.428. The summed E-state index contributed by atoms with van der Waals surface area (Å²) >= 11 is 0. The van der Waals surface area contributed by atoms with Crippen LogP contribution >= 0.6 is 0 Å². The molecule has 1 heterocycles. The van der Waals surface area contributed by atoms with E-state index in [-0.39, 0.29) is 17.1 Å². The van der Waals surface area contributed by atoms with Gasteiger partial charge in [-0.2, -0.15) is 10.4 Å². The number of hydrogen-bond acceptors (Lipinski definition) is 6. The van der Waals surface area contributed by atoms with E-state index in [0.717, 1.165) is 0 Å². The maximum absolute atomic E-state index is 10.3. The van der Waals surface area contributed by atoms with Crippen molar-refractivity contribution in [3.63, 3.8) is 0 Å². The van der Waals surface area contributed by atoms with E-state index in [1.807, 2.05) is 0 Å². The molecule has 0 saturated heterocycles. The number of aromatic nitrogens is 2. The number of rotatable bonds is 4. The van der Waals surface area contributed by atoms with E-state index >= 15 is 0 Å². The molecule has 2 unspecified atom stereocenters. The van der Waals surface area contributed by atoms with E-state index in [2.05, 4.69) is 10.2 Å². The van der Waals surface area contributed by atoms with Crippen molar-refractivity contribution in [2.75, 3.05) is 5.73 Å². The molecule has 0 radical (unpaired) electrons.